The van der Waals surface area contributed by atoms with E-state index in [0.717, 1.165) is 24.0 Å². The largest absolute Gasteiger partial charge is 0.494 e. The van der Waals surface area contributed by atoms with E-state index >= 15 is 0 Å². The molecular weight excluding hydrogens is 462 g/mol. The van der Waals surface area contributed by atoms with Gasteiger partial charge in [0.15, 0.2) is 11.3 Å². The van der Waals surface area contributed by atoms with Crippen LogP contribution in [0.3, 0.4) is 0 Å². The van der Waals surface area contributed by atoms with Crippen LogP contribution in [-0.2, 0) is 9.47 Å². The third-order valence-electron chi connectivity index (χ3n) is 6.01. The number of furan rings is 1. The molecule has 0 radical (unpaired) electrons. The lowest BCUT2D eigenvalue weighted by molar-refractivity contribution is 0.0254. The normalized spacial score (nSPS) is 13.8. The van der Waals surface area contributed by atoms with Gasteiger partial charge in [0.25, 0.3) is 0 Å². The van der Waals surface area contributed by atoms with E-state index in [4.69, 9.17) is 23.4 Å². The molecule has 0 unspecified atom stereocenters. The van der Waals surface area contributed by atoms with Gasteiger partial charge in [-0.2, -0.15) is 5.26 Å². The van der Waals surface area contributed by atoms with Gasteiger partial charge in [-0.1, -0.05) is 6.07 Å². The van der Waals surface area contributed by atoms with Crippen LogP contribution in [0, 0.1) is 11.3 Å². The van der Waals surface area contributed by atoms with Crippen LogP contribution in [0.15, 0.2) is 53.2 Å². The third kappa shape index (κ3) is 4.46. The topological polar surface area (TPSA) is 117 Å². The highest BCUT2D eigenvalue weighted by atomic mass is 16.5. The molecule has 36 heavy (non-hydrogen) atoms. The molecule has 5 rings (SSSR count). The Morgan fingerprint density at radius 2 is 1.92 bits per heavy atom. The molecule has 0 atom stereocenters. The highest BCUT2D eigenvalue weighted by Gasteiger charge is 2.20. The van der Waals surface area contributed by atoms with Crippen molar-refractivity contribution in [2.45, 2.75) is 18.9 Å². The maximum atomic E-state index is 11.9. The molecule has 4 aromatic rings. The summed E-state index contributed by atoms with van der Waals surface area (Å²) in [4.78, 5) is 20.7. The second-order valence-corrected chi connectivity index (χ2v) is 8.20. The number of nitrogens with zero attached hydrogens (tertiary/aromatic N) is 3. The van der Waals surface area contributed by atoms with Crippen molar-refractivity contribution in [3.63, 3.8) is 0 Å². The van der Waals surface area contributed by atoms with Gasteiger partial charge in [-0.05, 0) is 29.8 Å². The van der Waals surface area contributed by atoms with Crippen LogP contribution < -0.4 is 9.47 Å². The summed E-state index contributed by atoms with van der Waals surface area (Å²) >= 11 is 0. The molecule has 0 N–H and O–H groups in total. The van der Waals surface area contributed by atoms with Crippen LogP contribution in [0.25, 0.3) is 33.7 Å². The predicted octanol–water partition coefficient (Wildman–Crippen LogP) is 4.78. The Bertz CT molecular complexity index is 1470. The number of hydrogen-bond donors (Lipinski definition) is 0. The zero-order valence-corrected chi connectivity index (χ0v) is 19.8. The fourth-order valence-corrected chi connectivity index (χ4v) is 4.16. The molecule has 0 aliphatic carbocycles. The minimum atomic E-state index is -0.515. The SMILES string of the molecule is COC(=O)c1cnc(-c2cc3nccc(-c4ccc(OC5CCOCC5)c(C#N)c4)c3o2)c(OC)c1. The number of pyridine rings is 2. The molecule has 0 amide bonds. The fraction of sp³-hybridized carbons (Fsp3) is 0.259. The lowest BCUT2D eigenvalue weighted by Crippen LogP contribution is -2.26. The van der Waals surface area contributed by atoms with Gasteiger partial charge >= 0.3 is 5.97 Å². The summed E-state index contributed by atoms with van der Waals surface area (Å²) in [6, 6.07) is 12.9. The van der Waals surface area contributed by atoms with Gasteiger partial charge in [0.2, 0.25) is 0 Å². The number of nitriles is 1. The van der Waals surface area contributed by atoms with E-state index in [1.54, 1.807) is 24.4 Å². The van der Waals surface area contributed by atoms with Crippen molar-refractivity contribution in [3.8, 4) is 40.1 Å². The summed E-state index contributed by atoms with van der Waals surface area (Å²) in [6.07, 6.45) is 4.71. The number of hydrogen-bond acceptors (Lipinski definition) is 9. The van der Waals surface area contributed by atoms with E-state index in [2.05, 4.69) is 16.0 Å². The van der Waals surface area contributed by atoms with Crippen LogP contribution in [0.2, 0.25) is 0 Å². The molecule has 9 heteroatoms. The summed E-state index contributed by atoms with van der Waals surface area (Å²) in [6.45, 7) is 1.32. The van der Waals surface area contributed by atoms with Gasteiger partial charge in [-0.15, -0.1) is 0 Å². The number of ether oxygens (including phenoxy) is 4. The molecular formula is C27H23N3O6. The average Bonchev–Trinajstić information content (AvgIpc) is 3.37. The van der Waals surface area contributed by atoms with Gasteiger partial charge in [-0.25, -0.2) is 9.78 Å². The number of benzene rings is 1. The van der Waals surface area contributed by atoms with Crippen molar-refractivity contribution in [3.05, 3.63) is 59.9 Å². The van der Waals surface area contributed by atoms with Crippen molar-refractivity contribution in [2.75, 3.05) is 27.4 Å². The average molecular weight is 485 g/mol. The van der Waals surface area contributed by atoms with E-state index in [1.807, 2.05) is 18.2 Å². The number of esters is 1. The number of methoxy groups -OCH3 is 2. The van der Waals surface area contributed by atoms with E-state index < -0.39 is 5.97 Å². The first kappa shape index (κ1) is 23.3. The first-order valence-corrected chi connectivity index (χ1v) is 11.4. The Balaban J connectivity index is 1.52. The van der Waals surface area contributed by atoms with Gasteiger partial charge < -0.3 is 23.4 Å². The van der Waals surface area contributed by atoms with E-state index in [-0.39, 0.29) is 11.7 Å². The number of carbonyl (C=O) groups is 1. The molecule has 182 valence electrons. The molecule has 0 spiro atoms. The van der Waals surface area contributed by atoms with Crippen molar-refractivity contribution < 1.29 is 28.2 Å². The van der Waals surface area contributed by atoms with E-state index in [0.29, 0.717) is 52.8 Å². The van der Waals surface area contributed by atoms with Gasteiger partial charge in [0, 0.05) is 36.9 Å². The third-order valence-corrected chi connectivity index (χ3v) is 6.01. The maximum absolute atomic E-state index is 11.9. The van der Waals surface area contributed by atoms with Gasteiger partial charge in [0.1, 0.15) is 34.9 Å². The molecule has 0 saturated carbocycles. The Morgan fingerprint density at radius 3 is 2.67 bits per heavy atom. The standard InChI is InChI=1S/C27H23N3O6/c1-32-23-12-18(27(31)33-2)15-30-25(23)24-13-21-26(36-24)20(5-8-29-21)16-3-4-22(17(11-16)14-28)35-19-6-9-34-10-7-19/h3-5,8,11-13,15,19H,6-7,9-10H2,1-2H3. The minimum absolute atomic E-state index is 0.0324. The van der Waals surface area contributed by atoms with Crippen LogP contribution >= 0.6 is 0 Å². The second-order valence-electron chi connectivity index (χ2n) is 8.20. The minimum Gasteiger partial charge on any atom is -0.494 e. The second kappa shape index (κ2) is 10.1. The summed E-state index contributed by atoms with van der Waals surface area (Å²) in [7, 11) is 2.79. The molecule has 1 aliphatic heterocycles. The Labute approximate surface area is 207 Å². The molecule has 1 aromatic carbocycles. The van der Waals surface area contributed by atoms with E-state index in [1.165, 1.54) is 20.4 Å². The van der Waals surface area contributed by atoms with Crippen molar-refractivity contribution >= 4 is 17.1 Å². The number of carbonyl (C=O) groups excluding carboxylic acids is 1. The summed E-state index contributed by atoms with van der Waals surface area (Å²) < 4.78 is 27.9. The van der Waals surface area contributed by atoms with Crippen LogP contribution in [0.1, 0.15) is 28.8 Å². The molecule has 9 nitrogen and oxygen atoms in total. The summed E-state index contributed by atoms with van der Waals surface area (Å²) in [5, 5.41) is 9.78. The van der Waals surface area contributed by atoms with Crippen LogP contribution in [0.4, 0.5) is 0 Å². The monoisotopic (exact) mass is 485 g/mol. The quantitative estimate of drug-likeness (QED) is 0.356. The molecule has 1 saturated heterocycles. The number of aromatic nitrogens is 2. The molecule has 0 bridgehead atoms. The predicted molar refractivity (Wildman–Crippen MR) is 130 cm³/mol. The fourth-order valence-electron chi connectivity index (χ4n) is 4.16. The first-order chi connectivity index (χ1) is 17.6. The van der Waals surface area contributed by atoms with Crippen LogP contribution in [-0.4, -0.2) is 49.5 Å². The molecule has 1 fully saturated rings. The maximum Gasteiger partial charge on any atom is 0.339 e. The Morgan fingerprint density at radius 1 is 1.08 bits per heavy atom. The van der Waals surface area contributed by atoms with Crippen molar-refractivity contribution in [1.29, 1.82) is 5.26 Å². The molecule has 4 heterocycles. The van der Waals surface area contributed by atoms with Crippen molar-refractivity contribution in [1.82, 2.24) is 9.97 Å². The molecule has 3 aromatic heterocycles. The Kier molecular flexibility index (Phi) is 6.52. The first-order valence-electron chi connectivity index (χ1n) is 11.4. The smallest absolute Gasteiger partial charge is 0.339 e. The zero-order valence-electron chi connectivity index (χ0n) is 19.8. The lowest BCUT2D eigenvalue weighted by Gasteiger charge is -2.23. The van der Waals surface area contributed by atoms with E-state index in [9.17, 15) is 10.1 Å². The number of rotatable bonds is 6. The molecule has 1 aliphatic rings. The van der Waals surface area contributed by atoms with Crippen molar-refractivity contribution in [2.24, 2.45) is 0 Å². The summed E-state index contributed by atoms with van der Waals surface area (Å²) in [5.74, 6) is 0.828. The number of fused-ring (bicyclic) bond motifs is 1. The zero-order chi connectivity index (χ0) is 25.1. The summed E-state index contributed by atoms with van der Waals surface area (Å²) in [5.41, 5.74) is 3.84. The van der Waals surface area contributed by atoms with Gasteiger partial charge in [0.05, 0.1) is 38.6 Å². The van der Waals surface area contributed by atoms with Gasteiger partial charge in [-0.3, -0.25) is 4.98 Å². The van der Waals surface area contributed by atoms with Crippen LogP contribution in [0.5, 0.6) is 11.5 Å². The highest BCUT2D eigenvalue weighted by molar-refractivity contribution is 5.93. The lowest BCUT2D eigenvalue weighted by atomic mass is 10.0. The highest BCUT2D eigenvalue weighted by Crippen LogP contribution is 2.37. The Hall–Kier alpha value is -4.42.